The Kier molecular flexibility index (Phi) is 5.42. The number of nitrogens with zero attached hydrogens (tertiary/aromatic N) is 2. The molecule has 0 aliphatic carbocycles. The van der Waals surface area contributed by atoms with E-state index in [1.807, 2.05) is 6.07 Å². The van der Waals surface area contributed by atoms with E-state index in [0.29, 0.717) is 17.1 Å². The third-order valence-electron chi connectivity index (χ3n) is 3.73. The summed E-state index contributed by atoms with van der Waals surface area (Å²) in [7, 11) is 3.12. The molecule has 1 aromatic rings. The highest BCUT2D eigenvalue weighted by molar-refractivity contribution is 6.02. The van der Waals surface area contributed by atoms with Gasteiger partial charge in [-0.15, -0.1) is 0 Å². The molecule has 5 nitrogen and oxygen atoms in total. The summed E-state index contributed by atoms with van der Waals surface area (Å²) in [5.41, 5.74) is 0.815. The van der Waals surface area contributed by atoms with E-state index in [9.17, 15) is 10.1 Å². The molecule has 0 radical (unpaired) electrons. The van der Waals surface area contributed by atoms with Gasteiger partial charge in [-0.1, -0.05) is 0 Å². The largest absolute Gasteiger partial charge is 0.497 e. The number of amides is 1. The second-order valence-electron chi connectivity index (χ2n) is 5.13. The van der Waals surface area contributed by atoms with Crippen LogP contribution in [-0.2, 0) is 4.79 Å². The molecule has 1 amide bonds. The van der Waals surface area contributed by atoms with Crippen molar-refractivity contribution in [3.8, 4) is 17.6 Å². The van der Waals surface area contributed by atoms with Gasteiger partial charge < -0.3 is 14.4 Å². The first-order valence-electron chi connectivity index (χ1n) is 7.32. The lowest BCUT2D eigenvalue weighted by Crippen LogP contribution is -2.36. The smallest absolute Gasteiger partial charge is 0.264 e. The van der Waals surface area contributed by atoms with Crippen molar-refractivity contribution in [3.05, 3.63) is 29.3 Å². The molecule has 0 spiro atoms. The second kappa shape index (κ2) is 7.51. The Labute approximate surface area is 130 Å². The standard InChI is InChI=1S/C17H20N2O3/c1-21-15-7-6-13(16(11-15)22-2)10-14(12-18)17(20)19-8-4-3-5-9-19/h6-7,10-11H,3-5,8-9H2,1-2H3/b14-10+. The van der Waals surface area contributed by atoms with Crippen molar-refractivity contribution in [2.75, 3.05) is 27.3 Å². The van der Waals surface area contributed by atoms with Gasteiger partial charge in [-0.25, -0.2) is 0 Å². The number of benzene rings is 1. The number of hydrogen-bond donors (Lipinski definition) is 0. The van der Waals surface area contributed by atoms with Gasteiger partial charge in [0.05, 0.1) is 14.2 Å². The Balaban J connectivity index is 2.28. The van der Waals surface area contributed by atoms with Gasteiger partial charge in [0.1, 0.15) is 23.1 Å². The van der Waals surface area contributed by atoms with Gasteiger partial charge in [0.25, 0.3) is 5.91 Å². The van der Waals surface area contributed by atoms with Crippen LogP contribution in [0.3, 0.4) is 0 Å². The van der Waals surface area contributed by atoms with Gasteiger partial charge in [-0.05, 0) is 37.5 Å². The number of piperidine rings is 1. The van der Waals surface area contributed by atoms with E-state index in [4.69, 9.17) is 9.47 Å². The van der Waals surface area contributed by atoms with Crippen molar-refractivity contribution < 1.29 is 14.3 Å². The molecule has 1 aliphatic heterocycles. The summed E-state index contributed by atoms with van der Waals surface area (Å²) in [6.07, 6.45) is 4.71. The molecular weight excluding hydrogens is 280 g/mol. The summed E-state index contributed by atoms with van der Waals surface area (Å²) in [6, 6.07) is 7.29. The van der Waals surface area contributed by atoms with Crippen molar-refractivity contribution in [3.63, 3.8) is 0 Å². The summed E-state index contributed by atoms with van der Waals surface area (Å²) in [4.78, 5) is 14.2. The van der Waals surface area contributed by atoms with Crippen molar-refractivity contribution in [2.45, 2.75) is 19.3 Å². The van der Waals surface area contributed by atoms with Crippen LogP contribution in [0.1, 0.15) is 24.8 Å². The van der Waals surface area contributed by atoms with Crippen LogP contribution >= 0.6 is 0 Å². The molecule has 0 saturated carbocycles. The third kappa shape index (κ3) is 3.59. The van der Waals surface area contributed by atoms with Crippen LogP contribution in [0, 0.1) is 11.3 Å². The molecule has 2 rings (SSSR count). The quantitative estimate of drug-likeness (QED) is 0.633. The first-order valence-corrected chi connectivity index (χ1v) is 7.32. The Morgan fingerprint density at radius 2 is 1.95 bits per heavy atom. The van der Waals surface area contributed by atoms with Gasteiger partial charge in [0, 0.05) is 24.7 Å². The van der Waals surface area contributed by atoms with Crippen molar-refractivity contribution in [1.82, 2.24) is 4.90 Å². The summed E-state index contributed by atoms with van der Waals surface area (Å²) < 4.78 is 10.4. The molecule has 0 unspecified atom stereocenters. The predicted molar refractivity (Wildman–Crippen MR) is 83.6 cm³/mol. The molecule has 22 heavy (non-hydrogen) atoms. The zero-order valence-electron chi connectivity index (χ0n) is 13.0. The van der Waals surface area contributed by atoms with Crippen molar-refractivity contribution in [1.29, 1.82) is 5.26 Å². The number of carbonyl (C=O) groups is 1. The minimum Gasteiger partial charge on any atom is -0.497 e. The fraction of sp³-hybridized carbons (Fsp3) is 0.412. The number of methoxy groups -OCH3 is 2. The molecule has 1 fully saturated rings. The second-order valence-corrected chi connectivity index (χ2v) is 5.13. The topological polar surface area (TPSA) is 62.6 Å². The first kappa shape index (κ1) is 15.9. The monoisotopic (exact) mass is 300 g/mol. The normalized spacial score (nSPS) is 15.1. The Hall–Kier alpha value is -2.48. The van der Waals surface area contributed by atoms with Crippen molar-refractivity contribution in [2.24, 2.45) is 0 Å². The minimum atomic E-state index is -0.208. The SMILES string of the molecule is COc1ccc(/C=C(\C#N)C(=O)N2CCCCC2)c(OC)c1. The highest BCUT2D eigenvalue weighted by atomic mass is 16.5. The van der Waals surface area contributed by atoms with Gasteiger partial charge in [-0.2, -0.15) is 5.26 Å². The first-order chi connectivity index (χ1) is 10.7. The summed E-state index contributed by atoms with van der Waals surface area (Å²) in [5.74, 6) is 1.02. The lowest BCUT2D eigenvalue weighted by molar-refractivity contribution is -0.127. The van der Waals surface area contributed by atoms with Gasteiger partial charge >= 0.3 is 0 Å². The van der Waals surface area contributed by atoms with Crippen LogP contribution in [-0.4, -0.2) is 38.1 Å². The van der Waals surface area contributed by atoms with Gasteiger partial charge in [0.2, 0.25) is 0 Å². The van der Waals surface area contributed by atoms with Crippen LogP contribution in [0.25, 0.3) is 6.08 Å². The van der Waals surface area contributed by atoms with E-state index in [0.717, 1.165) is 32.4 Å². The summed E-state index contributed by atoms with van der Waals surface area (Å²) >= 11 is 0. The molecule has 0 bridgehead atoms. The highest BCUT2D eigenvalue weighted by Gasteiger charge is 2.20. The Bertz CT molecular complexity index is 611. The molecule has 1 aromatic carbocycles. The highest BCUT2D eigenvalue weighted by Crippen LogP contribution is 2.27. The average Bonchev–Trinajstić information content (AvgIpc) is 2.59. The zero-order valence-corrected chi connectivity index (χ0v) is 13.0. The number of rotatable bonds is 4. The number of ether oxygens (including phenoxy) is 2. The Morgan fingerprint density at radius 3 is 2.55 bits per heavy atom. The Morgan fingerprint density at radius 1 is 1.23 bits per heavy atom. The van der Waals surface area contributed by atoms with Crippen LogP contribution in [0.2, 0.25) is 0 Å². The fourth-order valence-electron chi connectivity index (χ4n) is 2.50. The van der Waals surface area contributed by atoms with Gasteiger partial charge in [0.15, 0.2) is 0 Å². The maximum absolute atomic E-state index is 12.4. The molecule has 0 aromatic heterocycles. The maximum atomic E-state index is 12.4. The molecule has 1 saturated heterocycles. The van der Waals surface area contributed by atoms with Gasteiger partial charge in [-0.3, -0.25) is 4.79 Å². The molecule has 1 aliphatic rings. The van der Waals surface area contributed by atoms with Crippen LogP contribution < -0.4 is 9.47 Å². The van der Waals surface area contributed by atoms with E-state index < -0.39 is 0 Å². The minimum absolute atomic E-state index is 0.130. The third-order valence-corrected chi connectivity index (χ3v) is 3.73. The summed E-state index contributed by atoms with van der Waals surface area (Å²) in [5, 5.41) is 9.32. The zero-order chi connectivity index (χ0) is 15.9. The molecule has 0 atom stereocenters. The number of carbonyl (C=O) groups excluding carboxylic acids is 1. The van der Waals surface area contributed by atoms with Crippen LogP contribution in [0.4, 0.5) is 0 Å². The molecular formula is C17H20N2O3. The van der Waals surface area contributed by atoms with Crippen molar-refractivity contribution >= 4 is 12.0 Å². The number of nitriles is 1. The van der Waals surface area contributed by atoms with E-state index in [1.54, 1.807) is 43.4 Å². The summed E-state index contributed by atoms with van der Waals surface area (Å²) in [6.45, 7) is 1.44. The maximum Gasteiger partial charge on any atom is 0.264 e. The lowest BCUT2D eigenvalue weighted by atomic mass is 10.1. The van der Waals surface area contributed by atoms with E-state index in [1.165, 1.54) is 0 Å². The molecule has 0 N–H and O–H groups in total. The number of likely N-dealkylation sites (tertiary alicyclic amines) is 1. The molecule has 116 valence electrons. The molecule has 1 heterocycles. The van der Waals surface area contributed by atoms with Crippen LogP contribution in [0.5, 0.6) is 11.5 Å². The van der Waals surface area contributed by atoms with Crippen LogP contribution in [0.15, 0.2) is 23.8 Å². The lowest BCUT2D eigenvalue weighted by Gasteiger charge is -2.26. The predicted octanol–water partition coefficient (Wildman–Crippen LogP) is 2.62. The average molecular weight is 300 g/mol. The number of hydrogen-bond acceptors (Lipinski definition) is 4. The fourth-order valence-corrected chi connectivity index (χ4v) is 2.50. The van der Waals surface area contributed by atoms with E-state index in [2.05, 4.69) is 0 Å². The van der Waals surface area contributed by atoms with E-state index in [-0.39, 0.29) is 11.5 Å². The molecule has 5 heteroatoms. The van der Waals surface area contributed by atoms with E-state index >= 15 is 0 Å².